The molecule has 0 bridgehead atoms. The number of nitrogens with zero attached hydrogens (tertiary/aromatic N) is 2. The lowest BCUT2D eigenvalue weighted by atomic mass is 9.99. The number of carbonyl (C=O) groups excluding carboxylic acids is 1. The summed E-state index contributed by atoms with van der Waals surface area (Å²) < 4.78 is 5.74. The van der Waals surface area contributed by atoms with Crippen LogP contribution in [0.5, 0.6) is 5.75 Å². The van der Waals surface area contributed by atoms with E-state index in [-0.39, 0.29) is 5.91 Å². The van der Waals surface area contributed by atoms with Crippen molar-refractivity contribution in [2.45, 2.75) is 39.2 Å². The summed E-state index contributed by atoms with van der Waals surface area (Å²) in [6.45, 7) is 7.46. The standard InChI is InChI=1S/C25H33ClN2O2/c1-21-13-15-27(16-14-21)17-18-28(20-22-9-11-23(26)12-10-22)25(29)8-5-19-30-24-6-3-2-4-7-24/h2-4,6-7,9-12,21H,5,8,13-20H2,1H3. The number of benzene rings is 2. The lowest BCUT2D eigenvalue weighted by Gasteiger charge is -2.32. The molecule has 0 atom stereocenters. The molecule has 0 N–H and O–H groups in total. The molecule has 3 rings (SSSR count). The molecule has 1 aliphatic rings. The highest BCUT2D eigenvalue weighted by atomic mass is 35.5. The quantitative estimate of drug-likeness (QED) is 0.484. The molecule has 1 aliphatic heterocycles. The average molecular weight is 429 g/mol. The van der Waals surface area contributed by atoms with Crippen LogP contribution in [0.25, 0.3) is 0 Å². The summed E-state index contributed by atoms with van der Waals surface area (Å²) >= 11 is 6.02. The van der Waals surface area contributed by atoms with Crippen LogP contribution in [0, 0.1) is 5.92 Å². The first-order valence-corrected chi connectivity index (χ1v) is 11.4. The van der Waals surface area contributed by atoms with E-state index in [1.807, 2.05) is 59.5 Å². The van der Waals surface area contributed by atoms with Gasteiger partial charge in [-0.25, -0.2) is 0 Å². The highest BCUT2D eigenvalue weighted by Gasteiger charge is 2.19. The molecule has 0 aromatic heterocycles. The summed E-state index contributed by atoms with van der Waals surface area (Å²) in [4.78, 5) is 17.5. The van der Waals surface area contributed by atoms with Gasteiger partial charge in [-0.1, -0.05) is 48.9 Å². The van der Waals surface area contributed by atoms with E-state index in [0.29, 0.717) is 26.0 Å². The maximum atomic E-state index is 13.0. The van der Waals surface area contributed by atoms with Crippen LogP contribution in [0.2, 0.25) is 5.02 Å². The molecule has 1 amide bonds. The van der Waals surface area contributed by atoms with Gasteiger partial charge in [0.15, 0.2) is 0 Å². The summed E-state index contributed by atoms with van der Waals surface area (Å²) in [6.07, 6.45) is 3.72. The molecule has 162 valence electrons. The molecule has 1 saturated heterocycles. The van der Waals surface area contributed by atoms with Gasteiger partial charge in [0.25, 0.3) is 0 Å². The van der Waals surface area contributed by atoms with Crippen molar-refractivity contribution in [1.29, 1.82) is 0 Å². The molecule has 0 unspecified atom stereocenters. The van der Waals surface area contributed by atoms with Gasteiger partial charge in [0.05, 0.1) is 6.61 Å². The fraction of sp³-hybridized carbons (Fsp3) is 0.480. The van der Waals surface area contributed by atoms with Gasteiger partial charge in [-0.05, 0) is 68.1 Å². The molecule has 2 aromatic carbocycles. The van der Waals surface area contributed by atoms with E-state index in [4.69, 9.17) is 16.3 Å². The maximum absolute atomic E-state index is 13.0. The number of halogens is 1. The highest BCUT2D eigenvalue weighted by molar-refractivity contribution is 6.30. The number of carbonyl (C=O) groups is 1. The number of amides is 1. The van der Waals surface area contributed by atoms with Crippen molar-refractivity contribution >= 4 is 17.5 Å². The van der Waals surface area contributed by atoms with Crippen LogP contribution in [0.15, 0.2) is 54.6 Å². The van der Waals surface area contributed by atoms with E-state index in [1.54, 1.807) is 0 Å². The van der Waals surface area contributed by atoms with Crippen LogP contribution >= 0.6 is 11.6 Å². The minimum absolute atomic E-state index is 0.187. The van der Waals surface area contributed by atoms with E-state index in [2.05, 4.69) is 11.8 Å². The first-order valence-electron chi connectivity index (χ1n) is 11.0. The molecule has 0 saturated carbocycles. The van der Waals surface area contributed by atoms with E-state index in [9.17, 15) is 4.79 Å². The third kappa shape index (κ3) is 7.66. The Kier molecular flexibility index (Phi) is 9.03. The Hall–Kier alpha value is -2.04. The molecule has 0 aliphatic carbocycles. The van der Waals surface area contributed by atoms with Crippen LogP contribution in [0.3, 0.4) is 0 Å². The lowest BCUT2D eigenvalue weighted by Crippen LogP contribution is -2.41. The Bertz CT molecular complexity index is 758. The van der Waals surface area contributed by atoms with E-state index < -0.39 is 0 Å². The number of rotatable bonds is 10. The van der Waals surface area contributed by atoms with Gasteiger partial charge in [-0.2, -0.15) is 0 Å². The van der Waals surface area contributed by atoms with Gasteiger partial charge < -0.3 is 14.5 Å². The van der Waals surface area contributed by atoms with Crippen LogP contribution in [0.1, 0.15) is 38.2 Å². The smallest absolute Gasteiger partial charge is 0.223 e. The van der Waals surface area contributed by atoms with Gasteiger partial charge in [0.2, 0.25) is 5.91 Å². The number of piperidine rings is 1. The first-order chi connectivity index (χ1) is 14.6. The van der Waals surface area contributed by atoms with Crippen LogP contribution in [0.4, 0.5) is 0 Å². The lowest BCUT2D eigenvalue weighted by molar-refractivity contribution is -0.132. The summed E-state index contributed by atoms with van der Waals surface area (Å²) in [5, 5.41) is 0.720. The molecule has 0 radical (unpaired) electrons. The third-order valence-corrected chi connectivity index (χ3v) is 6.00. The number of hydrogen-bond donors (Lipinski definition) is 0. The molecule has 5 heteroatoms. The van der Waals surface area contributed by atoms with Crippen molar-refractivity contribution < 1.29 is 9.53 Å². The normalized spacial score (nSPS) is 15.1. The zero-order valence-corrected chi connectivity index (χ0v) is 18.7. The fourth-order valence-electron chi connectivity index (χ4n) is 3.74. The Morgan fingerprint density at radius 3 is 2.50 bits per heavy atom. The third-order valence-electron chi connectivity index (χ3n) is 5.75. The molecular formula is C25H33ClN2O2. The second-order valence-corrected chi connectivity index (χ2v) is 8.67. The van der Waals surface area contributed by atoms with Gasteiger partial charge in [0.1, 0.15) is 5.75 Å². The average Bonchev–Trinajstić information content (AvgIpc) is 2.77. The second kappa shape index (κ2) is 12.0. The second-order valence-electron chi connectivity index (χ2n) is 8.23. The largest absolute Gasteiger partial charge is 0.494 e. The van der Waals surface area contributed by atoms with Crippen molar-refractivity contribution in [3.8, 4) is 5.75 Å². The zero-order valence-electron chi connectivity index (χ0n) is 17.9. The van der Waals surface area contributed by atoms with Gasteiger partial charge >= 0.3 is 0 Å². The van der Waals surface area contributed by atoms with Gasteiger partial charge in [0, 0.05) is 31.1 Å². The molecule has 1 heterocycles. The zero-order chi connectivity index (χ0) is 21.2. The van der Waals surface area contributed by atoms with Gasteiger partial charge in [-0.3, -0.25) is 4.79 Å². The van der Waals surface area contributed by atoms with Crippen LogP contribution < -0.4 is 4.74 Å². The summed E-state index contributed by atoms with van der Waals surface area (Å²) in [5.41, 5.74) is 1.11. The fourth-order valence-corrected chi connectivity index (χ4v) is 3.86. The summed E-state index contributed by atoms with van der Waals surface area (Å²) in [7, 11) is 0. The molecule has 1 fully saturated rings. The first kappa shape index (κ1) is 22.6. The minimum Gasteiger partial charge on any atom is -0.494 e. The number of hydrogen-bond acceptors (Lipinski definition) is 3. The Balaban J connectivity index is 1.50. The van der Waals surface area contributed by atoms with Crippen molar-refractivity contribution in [2.24, 2.45) is 5.92 Å². The van der Waals surface area contributed by atoms with Crippen molar-refractivity contribution in [2.75, 3.05) is 32.8 Å². The minimum atomic E-state index is 0.187. The topological polar surface area (TPSA) is 32.8 Å². The van der Waals surface area contributed by atoms with Crippen molar-refractivity contribution in [3.05, 3.63) is 65.2 Å². The van der Waals surface area contributed by atoms with E-state index in [0.717, 1.165) is 48.4 Å². The Labute approximate surface area is 185 Å². The summed E-state index contributed by atoms with van der Waals surface area (Å²) in [5.74, 6) is 1.85. The van der Waals surface area contributed by atoms with Gasteiger partial charge in [-0.15, -0.1) is 0 Å². The Morgan fingerprint density at radius 2 is 1.80 bits per heavy atom. The monoisotopic (exact) mass is 428 g/mol. The predicted octanol–water partition coefficient (Wildman–Crippen LogP) is 5.26. The molecular weight excluding hydrogens is 396 g/mol. The molecule has 0 spiro atoms. The molecule has 30 heavy (non-hydrogen) atoms. The van der Waals surface area contributed by atoms with E-state index in [1.165, 1.54) is 12.8 Å². The molecule has 2 aromatic rings. The highest BCUT2D eigenvalue weighted by Crippen LogP contribution is 2.17. The van der Waals surface area contributed by atoms with Crippen molar-refractivity contribution in [1.82, 2.24) is 9.80 Å². The number of ether oxygens (including phenoxy) is 1. The van der Waals surface area contributed by atoms with Crippen molar-refractivity contribution in [3.63, 3.8) is 0 Å². The predicted molar refractivity (Wildman–Crippen MR) is 123 cm³/mol. The SMILES string of the molecule is CC1CCN(CCN(Cc2ccc(Cl)cc2)C(=O)CCCOc2ccccc2)CC1. The number of para-hydroxylation sites is 1. The Morgan fingerprint density at radius 1 is 1.10 bits per heavy atom. The summed E-state index contributed by atoms with van der Waals surface area (Å²) in [6, 6.07) is 17.5. The van der Waals surface area contributed by atoms with E-state index >= 15 is 0 Å². The number of likely N-dealkylation sites (tertiary alicyclic amines) is 1. The molecule has 4 nitrogen and oxygen atoms in total. The van der Waals surface area contributed by atoms with Crippen LogP contribution in [-0.2, 0) is 11.3 Å². The maximum Gasteiger partial charge on any atom is 0.223 e. The van der Waals surface area contributed by atoms with Crippen LogP contribution in [-0.4, -0.2) is 48.5 Å².